The molecule has 0 spiro atoms. The molecule has 1 amide bonds. The minimum Gasteiger partial charge on any atom is -0.493 e. The van der Waals surface area contributed by atoms with Gasteiger partial charge >= 0.3 is 0 Å². The van der Waals surface area contributed by atoms with E-state index >= 15 is 0 Å². The number of aryl methyl sites for hydroxylation is 2. The monoisotopic (exact) mass is 515 g/mol. The van der Waals surface area contributed by atoms with Crippen molar-refractivity contribution in [2.75, 3.05) is 11.9 Å². The van der Waals surface area contributed by atoms with E-state index in [1.54, 1.807) is 18.3 Å². The third-order valence-corrected chi connectivity index (χ3v) is 7.51. The number of carbonyl (C=O) groups excluding carboxylic acids is 1. The van der Waals surface area contributed by atoms with E-state index in [0.29, 0.717) is 34.6 Å². The van der Waals surface area contributed by atoms with Gasteiger partial charge in [0.1, 0.15) is 23.1 Å². The second-order valence-electron chi connectivity index (χ2n) is 9.68. The number of carbonyl (C=O) groups is 1. The van der Waals surface area contributed by atoms with Crippen molar-refractivity contribution >= 4 is 22.4 Å². The van der Waals surface area contributed by atoms with Crippen LogP contribution < -0.4 is 14.8 Å². The Labute approximate surface area is 219 Å². The van der Waals surface area contributed by atoms with Gasteiger partial charge in [0.25, 0.3) is 5.91 Å². The molecule has 37 heavy (non-hydrogen) atoms. The molecule has 0 unspecified atom stereocenters. The van der Waals surface area contributed by atoms with E-state index in [0.717, 1.165) is 60.2 Å². The van der Waals surface area contributed by atoms with Gasteiger partial charge < -0.3 is 14.0 Å². The smallest absolute Gasteiger partial charge is 0.257 e. The molecule has 9 heteroatoms. The Morgan fingerprint density at radius 2 is 1.92 bits per heavy atom. The molecular formula is C28H29N5O3S. The molecule has 6 rings (SSSR count). The first-order valence-corrected chi connectivity index (χ1v) is 13.6. The Morgan fingerprint density at radius 3 is 2.70 bits per heavy atom. The fraction of sp³-hybridized carbons (Fsp3) is 0.357. The molecule has 2 aliphatic rings. The van der Waals surface area contributed by atoms with Crippen molar-refractivity contribution in [3.63, 3.8) is 0 Å². The molecule has 2 aromatic carbocycles. The summed E-state index contributed by atoms with van der Waals surface area (Å²) in [7, 11) is 0. The normalized spacial score (nSPS) is 14.7. The molecule has 0 atom stereocenters. The number of benzene rings is 2. The minimum absolute atomic E-state index is 0.251. The van der Waals surface area contributed by atoms with Crippen LogP contribution >= 0.6 is 11.3 Å². The number of aromatic nitrogens is 4. The summed E-state index contributed by atoms with van der Waals surface area (Å²) < 4.78 is 14.4. The quantitative estimate of drug-likeness (QED) is 0.282. The summed E-state index contributed by atoms with van der Waals surface area (Å²) in [5, 5.41) is 12.2. The third kappa shape index (κ3) is 5.67. The molecule has 8 nitrogen and oxygen atoms in total. The summed E-state index contributed by atoms with van der Waals surface area (Å²) >= 11 is 1.44. The molecule has 2 aromatic heterocycles. The van der Waals surface area contributed by atoms with Crippen LogP contribution in [-0.4, -0.2) is 32.3 Å². The Morgan fingerprint density at radius 1 is 1.08 bits per heavy atom. The highest BCUT2D eigenvalue weighted by Crippen LogP contribution is 2.34. The highest BCUT2D eigenvalue weighted by molar-refractivity contribution is 7.15. The number of amides is 1. The van der Waals surface area contributed by atoms with Crippen molar-refractivity contribution in [1.29, 1.82) is 0 Å². The van der Waals surface area contributed by atoms with Crippen LogP contribution in [0.15, 0.2) is 48.7 Å². The van der Waals surface area contributed by atoms with E-state index in [2.05, 4.69) is 25.1 Å². The zero-order chi connectivity index (χ0) is 25.2. The van der Waals surface area contributed by atoms with Crippen LogP contribution in [0.4, 0.5) is 5.13 Å². The third-order valence-electron chi connectivity index (χ3n) is 6.68. The van der Waals surface area contributed by atoms with E-state index in [1.807, 2.05) is 37.3 Å². The molecule has 0 bridgehead atoms. The number of fused-ring (bicyclic) bond motifs is 1. The number of nitrogens with zero attached hydrogens (tertiary/aromatic N) is 4. The van der Waals surface area contributed by atoms with Gasteiger partial charge in [-0.15, -0.1) is 21.5 Å². The van der Waals surface area contributed by atoms with Crippen molar-refractivity contribution in [3.05, 3.63) is 64.9 Å². The molecule has 1 fully saturated rings. The van der Waals surface area contributed by atoms with Crippen LogP contribution in [0, 0.1) is 12.8 Å². The van der Waals surface area contributed by atoms with E-state index in [9.17, 15) is 4.79 Å². The van der Waals surface area contributed by atoms with Gasteiger partial charge in [-0.25, -0.2) is 4.98 Å². The van der Waals surface area contributed by atoms with E-state index < -0.39 is 0 Å². The molecule has 1 aliphatic heterocycles. The van der Waals surface area contributed by atoms with Crippen LogP contribution in [0.1, 0.15) is 53.2 Å². The predicted molar refractivity (Wildman–Crippen MR) is 143 cm³/mol. The lowest BCUT2D eigenvalue weighted by Gasteiger charge is -2.15. The molecule has 4 aromatic rings. The summed E-state index contributed by atoms with van der Waals surface area (Å²) in [5.74, 6) is 4.28. The van der Waals surface area contributed by atoms with Crippen LogP contribution in [-0.2, 0) is 13.0 Å². The van der Waals surface area contributed by atoms with Gasteiger partial charge in [0.2, 0.25) is 0 Å². The zero-order valence-corrected chi connectivity index (χ0v) is 21.6. The number of rotatable bonds is 9. The Hall–Kier alpha value is -3.72. The van der Waals surface area contributed by atoms with Crippen molar-refractivity contribution in [2.24, 2.45) is 5.92 Å². The zero-order valence-electron chi connectivity index (χ0n) is 20.8. The highest BCUT2D eigenvalue weighted by atomic mass is 32.1. The van der Waals surface area contributed by atoms with Crippen molar-refractivity contribution in [1.82, 2.24) is 19.7 Å². The van der Waals surface area contributed by atoms with Gasteiger partial charge in [-0.1, -0.05) is 12.8 Å². The average molecular weight is 516 g/mol. The van der Waals surface area contributed by atoms with Crippen molar-refractivity contribution < 1.29 is 14.3 Å². The van der Waals surface area contributed by atoms with Gasteiger partial charge in [0, 0.05) is 41.2 Å². The average Bonchev–Trinajstić information content (AvgIpc) is 3.48. The summed E-state index contributed by atoms with van der Waals surface area (Å²) in [4.78, 5) is 18.3. The second kappa shape index (κ2) is 10.3. The largest absolute Gasteiger partial charge is 0.493 e. The lowest BCUT2D eigenvalue weighted by Crippen LogP contribution is -2.12. The fourth-order valence-electron chi connectivity index (χ4n) is 4.51. The summed E-state index contributed by atoms with van der Waals surface area (Å²) in [6.45, 7) is 3.53. The molecule has 3 heterocycles. The number of anilines is 1. The molecule has 1 N–H and O–H groups in total. The fourth-order valence-corrected chi connectivity index (χ4v) is 5.17. The molecule has 1 aliphatic carbocycles. The summed E-state index contributed by atoms with van der Waals surface area (Å²) in [5.41, 5.74) is 1.46. The maximum Gasteiger partial charge on any atom is 0.257 e. The SMILES string of the molecule is Cc1cnc(NC(=O)c2cc(OCCC3CC3)cc(Oc3ccc(-c4nnc5n4CCCC5)cc3)c2)s1. The maximum atomic E-state index is 13.0. The van der Waals surface area contributed by atoms with E-state index in [4.69, 9.17) is 9.47 Å². The number of nitrogens with one attached hydrogen (secondary N) is 1. The Kier molecular flexibility index (Phi) is 6.61. The molecule has 0 radical (unpaired) electrons. The van der Waals surface area contributed by atoms with Crippen molar-refractivity contribution in [2.45, 2.75) is 52.0 Å². The second-order valence-corrected chi connectivity index (χ2v) is 10.9. The standard InChI is InChI=1S/C28H29N5O3S/c1-18-17-29-28(37-18)30-27(34)21-14-23(35-13-11-19-5-6-19)16-24(15-21)36-22-9-7-20(8-10-22)26-32-31-25-4-2-3-12-33(25)26/h7-10,14-17,19H,2-6,11-13H2,1H3,(H,29,30,34). The van der Waals surface area contributed by atoms with Crippen LogP contribution in [0.3, 0.4) is 0 Å². The molecule has 1 saturated carbocycles. The Bertz CT molecular complexity index is 1410. The lowest BCUT2D eigenvalue weighted by atomic mass is 10.1. The maximum absolute atomic E-state index is 13.0. The number of ether oxygens (including phenoxy) is 2. The Balaban J connectivity index is 1.21. The van der Waals surface area contributed by atoms with E-state index in [1.165, 1.54) is 24.2 Å². The van der Waals surface area contributed by atoms with Crippen LogP contribution in [0.2, 0.25) is 0 Å². The number of hydrogen-bond donors (Lipinski definition) is 1. The van der Waals surface area contributed by atoms with Crippen molar-refractivity contribution in [3.8, 4) is 28.6 Å². The summed E-state index contributed by atoms with van der Waals surface area (Å²) in [6.07, 6.45) is 8.62. The van der Waals surface area contributed by atoms with Gasteiger partial charge in [-0.2, -0.15) is 0 Å². The summed E-state index contributed by atoms with van der Waals surface area (Å²) in [6, 6.07) is 13.1. The number of hydrogen-bond acceptors (Lipinski definition) is 7. The first-order valence-electron chi connectivity index (χ1n) is 12.8. The topological polar surface area (TPSA) is 91.2 Å². The molecular weight excluding hydrogens is 486 g/mol. The van der Waals surface area contributed by atoms with Gasteiger partial charge in [0.15, 0.2) is 11.0 Å². The predicted octanol–water partition coefficient (Wildman–Crippen LogP) is 6.27. The van der Waals surface area contributed by atoms with Gasteiger partial charge in [-0.05, 0) is 68.5 Å². The van der Waals surface area contributed by atoms with E-state index in [-0.39, 0.29) is 5.91 Å². The van der Waals surface area contributed by atoms with Crippen LogP contribution in [0.5, 0.6) is 17.2 Å². The highest BCUT2D eigenvalue weighted by Gasteiger charge is 2.21. The first kappa shape index (κ1) is 23.7. The van der Waals surface area contributed by atoms with Gasteiger partial charge in [0.05, 0.1) is 6.61 Å². The number of thiazole rings is 1. The minimum atomic E-state index is -0.251. The lowest BCUT2D eigenvalue weighted by molar-refractivity contribution is 0.102. The molecule has 0 saturated heterocycles. The van der Waals surface area contributed by atoms with Gasteiger partial charge in [-0.3, -0.25) is 10.1 Å². The first-order chi connectivity index (χ1) is 18.1. The van der Waals surface area contributed by atoms with Crippen LogP contribution in [0.25, 0.3) is 11.4 Å². The molecule has 190 valence electrons.